The second-order valence-electron chi connectivity index (χ2n) is 9.16. The normalized spacial score (nSPS) is 13.5. The summed E-state index contributed by atoms with van der Waals surface area (Å²) in [4.78, 5) is 4.08. The average molecular weight is 510 g/mol. The molecule has 0 radical (unpaired) electrons. The van der Waals surface area contributed by atoms with Crippen LogP contribution in [0.4, 0.5) is 0 Å². The zero-order chi connectivity index (χ0) is 24.0. The van der Waals surface area contributed by atoms with Crippen LogP contribution in [-0.2, 0) is 12.0 Å². The van der Waals surface area contributed by atoms with Crippen LogP contribution in [0, 0.1) is 11.8 Å². The third-order valence-corrected chi connectivity index (χ3v) is 6.78. The van der Waals surface area contributed by atoms with E-state index in [0.717, 1.165) is 23.4 Å². The number of aromatic nitrogens is 2. The topological polar surface area (TPSA) is 36.3 Å². The molecule has 0 saturated carbocycles. The molecule has 178 valence electrons. The number of rotatable bonds is 11. The predicted octanol–water partition coefficient (Wildman–Crippen LogP) is 7.48. The van der Waals surface area contributed by atoms with Gasteiger partial charge in [-0.15, -0.1) is 11.6 Å². The lowest BCUT2D eigenvalue weighted by Crippen LogP contribution is -2.19. The number of nitrogens with zero attached hydrogens (tertiary/aromatic N) is 2. The molecule has 0 aliphatic heterocycles. The van der Waals surface area contributed by atoms with Crippen LogP contribution in [0.25, 0.3) is 0 Å². The SMILES string of the molecule is C[C@@H](CCl)COc1c(Cl)cc(C(C)(C)c2ccc(OC[C@H](C)Cn3ccnc3)cc2)cc1Cl. The Balaban J connectivity index is 1.67. The van der Waals surface area contributed by atoms with E-state index in [4.69, 9.17) is 44.3 Å². The second kappa shape index (κ2) is 11.5. The van der Waals surface area contributed by atoms with Crippen LogP contribution >= 0.6 is 34.8 Å². The summed E-state index contributed by atoms with van der Waals surface area (Å²) in [6.07, 6.45) is 5.58. The van der Waals surface area contributed by atoms with Gasteiger partial charge in [-0.1, -0.05) is 63.0 Å². The summed E-state index contributed by atoms with van der Waals surface area (Å²) >= 11 is 18.9. The fourth-order valence-corrected chi connectivity index (χ4v) is 4.19. The van der Waals surface area contributed by atoms with Crippen molar-refractivity contribution < 1.29 is 9.47 Å². The van der Waals surface area contributed by atoms with Gasteiger partial charge in [0, 0.05) is 42.1 Å². The first-order chi connectivity index (χ1) is 15.7. The van der Waals surface area contributed by atoms with Gasteiger partial charge in [0.25, 0.3) is 0 Å². The van der Waals surface area contributed by atoms with Crippen molar-refractivity contribution in [3.05, 3.63) is 76.3 Å². The van der Waals surface area contributed by atoms with Crippen LogP contribution in [0.3, 0.4) is 0 Å². The van der Waals surface area contributed by atoms with E-state index >= 15 is 0 Å². The summed E-state index contributed by atoms with van der Waals surface area (Å²) in [5.41, 5.74) is 1.85. The molecule has 0 spiro atoms. The Hall–Kier alpha value is -1.88. The highest BCUT2D eigenvalue weighted by molar-refractivity contribution is 6.37. The molecule has 0 unspecified atom stereocenters. The van der Waals surface area contributed by atoms with Crippen molar-refractivity contribution in [2.75, 3.05) is 19.1 Å². The van der Waals surface area contributed by atoms with E-state index in [1.165, 1.54) is 0 Å². The predicted molar refractivity (Wildman–Crippen MR) is 137 cm³/mol. The zero-order valence-corrected chi connectivity index (χ0v) is 21.8. The van der Waals surface area contributed by atoms with Gasteiger partial charge in [-0.25, -0.2) is 4.98 Å². The number of imidazole rings is 1. The summed E-state index contributed by atoms with van der Waals surface area (Å²) < 4.78 is 13.9. The first-order valence-corrected chi connectivity index (χ1v) is 12.4. The van der Waals surface area contributed by atoms with Crippen LogP contribution in [-0.4, -0.2) is 28.6 Å². The minimum atomic E-state index is -0.303. The molecule has 3 rings (SSSR count). The van der Waals surface area contributed by atoms with E-state index in [9.17, 15) is 0 Å². The lowest BCUT2D eigenvalue weighted by atomic mass is 9.78. The smallest absolute Gasteiger partial charge is 0.156 e. The van der Waals surface area contributed by atoms with Crippen molar-refractivity contribution in [2.24, 2.45) is 11.8 Å². The molecule has 1 aromatic heterocycles. The van der Waals surface area contributed by atoms with Crippen LogP contribution < -0.4 is 9.47 Å². The molecule has 0 N–H and O–H groups in total. The minimum Gasteiger partial charge on any atom is -0.493 e. The van der Waals surface area contributed by atoms with Gasteiger partial charge in [-0.2, -0.15) is 0 Å². The van der Waals surface area contributed by atoms with E-state index in [-0.39, 0.29) is 11.3 Å². The van der Waals surface area contributed by atoms with Gasteiger partial charge in [-0.05, 0) is 35.4 Å². The molecule has 7 heteroatoms. The Morgan fingerprint density at radius 3 is 2.15 bits per heavy atom. The number of ether oxygens (including phenoxy) is 2. The van der Waals surface area contributed by atoms with Gasteiger partial charge >= 0.3 is 0 Å². The molecule has 2 atom stereocenters. The van der Waals surface area contributed by atoms with Gasteiger partial charge in [0.1, 0.15) is 5.75 Å². The summed E-state index contributed by atoms with van der Waals surface area (Å²) in [6.45, 7) is 10.4. The third kappa shape index (κ3) is 6.81. The van der Waals surface area contributed by atoms with Crippen LogP contribution in [0.1, 0.15) is 38.8 Å². The van der Waals surface area contributed by atoms with E-state index in [1.54, 1.807) is 6.20 Å². The van der Waals surface area contributed by atoms with Gasteiger partial charge in [0.15, 0.2) is 5.75 Å². The molecular formula is C26H31Cl3N2O2. The van der Waals surface area contributed by atoms with E-state index in [1.807, 2.05) is 43.7 Å². The van der Waals surface area contributed by atoms with Crippen LogP contribution in [0.5, 0.6) is 11.5 Å². The van der Waals surface area contributed by atoms with Crippen molar-refractivity contribution in [1.29, 1.82) is 0 Å². The van der Waals surface area contributed by atoms with Crippen molar-refractivity contribution in [2.45, 2.75) is 39.7 Å². The molecule has 2 aromatic carbocycles. The lowest BCUT2D eigenvalue weighted by molar-refractivity contribution is 0.244. The maximum atomic E-state index is 6.53. The average Bonchev–Trinajstić information content (AvgIpc) is 3.30. The summed E-state index contributed by atoms with van der Waals surface area (Å²) in [5, 5.41) is 0.998. The Morgan fingerprint density at radius 1 is 0.939 bits per heavy atom. The Morgan fingerprint density at radius 2 is 1.58 bits per heavy atom. The molecule has 0 bridgehead atoms. The number of hydrogen-bond donors (Lipinski definition) is 0. The summed E-state index contributed by atoms with van der Waals surface area (Å²) in [6, 6.07) is 12.0. The zero-order valence-electron chi connectivity index (χ0n) is 19.5. The van der Waals surface area contributed by atoms with E-state index < -0.39 is 0 Å². The summed E-state index contributed by atoms with van der Waals surface area (Å²) in [7, 11) is 0. The minimum absolute atomic E-state index is 0.213. The second-order valence-corrected chi connectivity index (χ2v) is 10.3. The van der Waals surface area contributed by atoms with Crippen molar-refractivity contribution in [3.8, 4) is 11.5 Å². The molecular weight excluding hydrogens is 479 g/mol. The highest BCUT2D eigenvalue weighted by Gasteiger charge is 2.26. The molecule has 4 nitrogen and oxygen atoms in total. The third-order valence-electron chi connectivity index (χ3n) is 5.69. The highest BCUT2D eigenvalue weighted by Crippen LogP contribution is 2.40. The fraction of sp³-hybridized carbons (Fsp3) is 0.423. The van der Waals surface area contributed by atoms with E-state index in [2.05, 4.69) is 42.5 Å². The Bertz CT molecular complexity index is 998. The highest BCUT2D eigenvalue weighted by atomic mass is 35.5. The first kappa shape index (κ1) is 25.7. The maximum absolute atomic E-state index is 6.53. The quantitative estimate of drug-likeness (QED) is 0.251. The number of hydrogen-bond acceptors (Lipinski definition) is 3. The largest absolute Gasteiger partial charge is 0.493 e. The molecule has 0 fully saturated rings. The molecule has 0 aliphatic carbocycles. The number of benzene rings is 2. The maximum Gasteiger partial charge on any atom is 0.156 e. The number of alkyl halides is 1. The Kier molecular flexibility index (Phi) is 8.97. The molecule has 1 heterocycles. The van der Waals surface area contributed by atoms with Gasteiger partial charge in [0.05, 0.1) is 29.6 Å². The molecule has 33 heavy (non-hydrogen) atoms. The van der Waals surface area contributed by atoms with E-state index in [0.29, 0.717) is 40.8 Å². The van der Waals surface area contributed by atoms with Crippen molar-refractivity contribution in [1.82, 2.24) is 9.55 Å². The molecule has 0 amide bonds. The summed E-state index contributed by atoms with van der Waals surface area (Å²) in [5.74, 6) is 2.45. The molecule has 0 aliphatic rings. The van der Waals surface area contributed by atoms with Gasteiger partial charge < -0.3 is 14.0 Å². The monoisotopic (exact) mass is 508 g/mol. The van der Waals surface area contributed by atoms with Gasteiger partial charge in [0.2, 0.25) is 0 Å². The van der Waals surface area contributed by atoms with Gasteiger partial charge in [-0.3, -0.25) is 0 Å². The van der Waals surface area contributed by atoms with Crippen LogP contribution in [0.2, 0.25) is 10.0 Å². The number of halogens is 3. The first-order valence-electron chi connectivity index (χ1n) is 11.1. The van der Waals surface area contributed by atoms with Crippen molar-refractivity contribution >= 4 is 34.8 Å². The van der Waals surface area contributed by atoms with Crippen LogP contribution in [0.15, 0.2) is 55.1 Å². The molecule has 0 saturated heterocycles. The Labute approximate surface area is 211 Å². The van der Waals surface area contributed by atoms with Crippen molar-refractivity contribution in [3.63, 3.8) is 0 Å². The standard InChI is InChI=1S/C26H31Cl3N2O2/c1-18(13-27)15-33-25-23(28)11-21(12-24(25)29)26(3,4)20-5-7-22(8-6-20)32-16-19(2)14-31-10-9-30-17-31/h5-12,17-19H,13-16H2,1-4H3/t18-,19+/m0/s1. The molecule has 3 aromatic rings. The lowest BCUT2D eigenvalue weighted by Gasteiger charge is -2.27. The fourth-order valence-electron chi connectivity index (χ4n) is 3.51.